The second-order valence-electron chi connectivity index (χ2n) is 4.11. The van der Waals surface area contributed by atoms with E-state index in [1.165, 1.54) is 0 Å². The van der Waals surface area contributed by atoms with Gasteiger partial charge in [-0.25, -0.2) is 4.98 Å². The predicted molar refractivity (Wildman–Crippen MR) is 53.0 cm³/mol. The van der Waals surface area contributed by atoms with Crippen molar-refractivity contribution in [2.45, 2.75) is 33.7 Å². The molecule has 4 nitrogen and oxygen atoms in total. The first kappa shape index (κ1) is 10.8. The zero-order chi connectivity index (χ0) is 10.8. The second-order valence-corrected chi connectivity index (χ2v) is 4.11. The summed E-state index contributed by atoms with van der Waals surface area (Å²) < 4.78 is 1.96. The summed E-state index contributed by atoms with van der Waals surface area (Å²) in [5, 5.41) is 8.91. The molecule has 0 amide bonds. The van der Waals surface area contributed by atoms with Crippen LogP contribution >= 0.6 is 0 Å². The van der Waals surface area contributed by atoms with E-state index in [2.05, 4.69) is 4.98 Å². The van der Waals surface area contributed by atoms with E-state index >= 15 is 0 Å². The predicted octanol–water partition coefficient (Wildman–Crippen LogP) is 1.69. The molecule has 0 aliphatic carbocycles. The van der Waals surface area contributed by atoms with E-state index in [0.29, 0.717) is 13.0 Å². The van der Waals surface area contributed by atoms with E-state index in [1.807, 2.05) is 17.7 Å². The molecule has 0 spiro atoms. The smallest absolute Gasteiger partial charge is 0.309 e. The third-order valence-electron chi connectivity index (χ3n) is 2.48. The maximum absolute atomic E-state index is 10.8. The number of aliphatic carboxylic acids is 1. The summed E-state index contributed by atoms with van der Waals surface area (Å²) in [6.07, 6.45) is 4.20. The van der Waals surface area contributed by atoms with Crippen LogP contribution in [0.15, 0.2) is 12.4 Å². The molecule has 1 N–H and O–H groups in total. The van der Waals surface area contributed by atoms with Crippen molar-refractivity contribution in [3.05, 3.63) is 18.2 Å². The van der Waals surface area contributed by atoms with Crippen LogP contribution in [0.1, 0.15) is 26.1 Å². The molecule has 4 heteroatoms. The van der Waals surface area contributed by atoms with Crippen molar-refractivity contribution in [1.82, 2.24) is 9.55 Å². The number of carbonyl (C=O) groups is 1. The first-order valence-electron chi connectivity index (χ1n) is 4.64. The van der Waals surface area contributed by atoms with Crippen molar-refractivity contribution in [1.29, 1.82) is 0 Å². The van der Waals surface area contributed by atoms with Gasteiger partial charge in [-0.15, -0.1) is 0 Å². The van der Waals surface area contributed by atoms with Crippen LogP contribution in [0.2, 0.25) is 0 Å². The Kier molecular flexibility index (Phi) is 2.93. The Hall–Kier alpha value is -1.32. The average Bonchev–Trinajstić information content (AvgIpc) is 2.47. The Morgan fingerprint density at radius 3 is 2.71 bits per heavy atom. The van der Waals surface area contributed by atoms with Crippen LogP contribution in [-0.2, 0) is 11.3 Å². The van der Waals surface area contributed by atoms with Gasteiger partial charge >= 0.3 is 5.97 Å². The van der Waals surface area contributed by atoms with E-state index in [1.54, 1.807) is 20.0 Å². The van der Waals surface area contributed by atoms with Gasteiger partial charge in [-0.1, -0.05) is 0 Å². The van der Waals surface area contributed by atoms with Crippen molar-refractivity contribution in [2.75, 3.05) is 0 Å². The van der Waals surface area contributed by atoms with Crippen molar-refractivity contribution < 1.29 is 9.90 Å². The zero-order valence-electron chi connectivity index (χ0n) is 8.82. The average molecular weight is 196 g/mol. The molecule has 0 unspecified atom stereocenters. The molecule has 0 fully saturated rings. The lowest BCUT2D eigenvalue weighted by Gasteiger charge is -2.19. The maximum Gasteiger partial charge on any atom is 0.309 e. The highest BCUT2D eigenvalue weighted by Crippen LogP contribution is 2.21. The minimum absolute atomic E-state index is 0.611. The molecule has 1 heterocycles. The summed E-state index contributed by atoms with van der Waals surface area (Å²) in [5.41, 5.74) is -0.670. The quantitative estimate of drug-likeness (QED) is 0.797. The molecule has 0 aliphatic rings. The van der Waals surface area contributed by atoms with E-state index < -0.39 is 11.4 Å². The van der Waals surface area contributed by atoms with Crippen molar-refractivity contribution in [3.63, 3.8) is 0 Å². The number of carboxylic acid groups (broad SMARTS) is 1. The van der Waals surface area contributed by atoms with Gasteiger partial charge in [0.05, 0.1) is 5.41 Å². The van der Waals surface area contributed by atoms with Gasteiger partial charge in [0.2, 0.25) is 0 Å². The molecular weight excluding hydrogens is 180 g/mol. The lowest BCUT2D eigenvalue weighted by molar-refractivity contribution is -0.147. The number of aryl methyl sites for hydroxylation is 2. The maximum atomic E-state index is 10.8. The van der Waals surface area contributed by atoms with Crippen molar-refractivity contribution in [3.8, 4) is 0 Å². The van der Waals surface area contributed by atoms with Gasteiger partial charge in [-0.3, -0.25) is 4.79 Å². The molecule has 78 valence electrons. The summed E-state index contributed by atoms with van der Waals surface area (Å²) in [4.78, 5) is 14.9. The van der Waals surface area contributed by atoms with Crippen LogP contribution < -0.4 is 0 Å². The van der Waals surface area contributed by atoms with Crippen molar-refractivity contribution in [2.24, 2.45) is 5.41 Å². The Morgan fingerprint density at radius 1 is 1.64 bits per heavy atom. The zero-order valence-corrected chi connectivity index (χ0v) is 8.82. The fraction of sp³-hybridized carbons (Fsp3) is 0.600. The van der Waals surface area contributed by atoms with Gasteiger partial charge in [0.25, 0.3) is 0 Å². The van der Waals surface area contributed by atoms with Gasteiger partial charge in [-0.05, 0) is 27.2 Å². The van der Waals surface area contributed by atoms with Crippen LogP contribution in [-0.4, -0.2) is 20.6 Å². The molecule has 0 saturated heterocycles. The number of carboxylic acids is 1. The SMILES string of the molecule is Cc1nccn1CCC(C)(C)C(=O)O. The van der Waals surface area contributed by atoms with Gasteiger partial charge in [0.15, 0.2) is 0 Å². The van der Waals surface area contributed by atoms with Crippen LogP contribution in [0.5, 0.6) is 0 Å². The first-order chi connectivity index (χ1) is 6.43. The number of hydrogen-bond donors (Lipinski definition) is 1. The largest absolute Gasteiger partial charge is 0.481 e. The summed E-state index contributed by atoms with van der Waals surface area (Å²) in [5.74, 6) is 0.168. The van der Waals surface area contributed by atoms with E-state index in [4.69, 9.17) is 5.11 Å². The van der Waals surface area contributed by atoms with Gasteiger partial charge < -0.3 is 9.67 Å². The van der Waals surface area contributed by atoms with Crippen LogP contribution in [0.25, 0.3) is 0 Å². The molecule has 0 bridgehead atoms. The summed E-state index contributed by atoms with van der Waals surface area (Å²) >= 11 is 0. The summed E-state index contributed by atoms with van der Waals surface area (Å²) in [6, 6.07) is 0. The highest BCUT2D eigenvalue weighted by molar-refractivity contribution is 5.73. The molecule has 0 aliphatic heterocycles. The number of aromatic nitrogens is 2. The van der Waals surface area contributed by atoms with E-state index in [9.17, 15) is 4.79 Å². The monoisotopic (exact) mass is 196 g/mol. The Bertz CT molecular complexity index is 329. The van der Waals surface area contributed by atoms with E-state index in [-0.39, 0.29) is 0 Å². The van der Waals surface area contributed by atoms with E-state index in [0.717, 1.165) is 5.82 Å². The molecule has 1 aromatic rings. The number of rotatable bonds is 4. The minimum Gasteiger partial charge on any atom is -0.481 e. The molecule has 0 atom stereocenters. The molecule has 1 rings (SSSR count). The number of nitrogens with zero attached hydrogens (tertiary/aromatic N) is 2. The lowest BCUT2D eigenvalue weighted by Crippen LogP contribution is -2.25. The van der Waals surface area contributed by atoms with Crippen LogP contribution in [0.4, 0.5) is 0 Å². The van der Waals surface area contributed by atoms with Crippen molar-refractivity contribution >= 4 is 5.97 Å². The fourth-order valence-electron chi connectivity index (χ4n) is 1.15. The number of imidazole rings is 1. The van der Waals surface area contributed by atoms with Gasteiger partial charge in [-0.2, -0.15) is 0 Å². The Morgan fingerprint density at radius 2 is 2.29 bits per heavy atom. The van der Waals surface area contributed by atoms with Crippen LogP contribution in [0.3, 0.4) is 0 Å². The number of hydrogen-bond acceptors (Lipinski definition) is 2. The normalized spacial score (nSPS) is 11.6. The highest BCUT2D eigenvalue weighted by atomic mass is 16.4. The first-order valence-corrected chi connectivity index (χ1v) is 4.64. The molecule has 0 aromatic carbocycles. The van der Waals surface area contributed by atoms with Gasteiger partial charge in [0.1, 0.15) is 5.82 Å². The third kappa shape index (κ3) is 2.34. The van der Waals surface area contributed by atoms with Crippen LogP contribution in [0, 0.1) is 12.3 Å². The summed E-state index contributed by atoms with van der Waals surface area (Å²) in [6.45, 7) is 6.09. The highest BCUT2D eigenvalue weighted by Gasteiger charge is 2.26. The molecule has 0 saturated carbocycles. The third-order valence-corrected chi connectivity index (χ3v) is 2.48. The molecular formula is C10H16N2O2. The second kappa shape index (κ2) is 3.82. The lowest BCUT2D eigenvalue weighted by atomic mass is 9.90. The van der Waals surface area contributed by atoms with Gasteiger partial charge in [0, 0.05) is 18.9 Å². The summed E-state index contributed by atoms with van der Waals surface area (Å²) in [7, 11) is 0. The molecule has 1 aromatic heterocycles. The standard InChI is InChI=1S/C10H16N2O2/c1-8-11-5-7-12(8)6-4-10(2,3)9(13)14/h5,7H,4,6H2,1-3H3,(H,13,14). The molecule has 0 radical (unpaired) electrons. The molecule has 14 heavy (non-hydrogen) atoms. The fourth-order valence-corrected chi connectivity index (χ4v) is 1.15. The minimum atomic E-state index is -0.754. The Labute approximate surface area is 83.6 Å². The topological polar surface area (TPSA) is 55.1 Å². The Balaban J connectivity index is 2.57.